The minimum atomic E-state index is -0.866. The highest BCUT2D eigenvalue weighted by molar-refractivity contribution is 5.38. The Hall–Kier alpha value is -3.03. The van der Waals surface area contributed by atoms with E-state index in [1.807, 2.05) is 0 Å². The minimum Gasteiger partial charge on any atom is -0.486 e. The molecule has 21 heavy (non-hydrogen) atoms. The van der Waals surface area contributed by atoms with Crippen LogP contribution in [0.3, 0.4) is 0 Å². The van der Waals surface area contributed by atoms with Crippen LogP contribution in [0, 0.1) is 26.0 Å². The average Bonchev–Trinajstić information content (AvgIpc) is 2.46. The summed E-state index contributed by atoms with van der Waals surface area (Å²) in [4.78, 5) is 19.8. The number of rotatable bonds is 5. The maximum atomic E-state index is 13.6. The van der Waals surface area contributed by atoms with E-state index in [-0.39, 0.29) is 23.7 Å². The van der Waals surface area contributed by atoms with E-state index in [9.17, 15) is 24.6 Å². The van der Waals surface area contributed by atoms with Crippen molar-refractivity contribution >= 4 is 11.4 Å². The van der Waals surface area contributed by atoms with Gasteiger partial charge in [0.15, 0.2) is 11.6 Å². The first-order chi connectivity index (χ1) is 9.97. The summed E-state index contributed by atoms with van der Waals surface area (Å²) in [7, 11) is 0. The third-order valence-electron chi connectivity index (χ3n) is 2.64. The van der Waals surface area contributed by atoms with E-state index in [0.717, 1.165) is 18.2 Å². The first-order valence-corrected chi connectivity index (χ1v) is 5.77. The smallest absolute Gasteiger partial charge is 0.272 e. The largest absolute Gasteiger partial charge is 0.486 e. The van der Waals surface area contributed by atoms with Gasteiger partial charge in [0, 0.05) is 18.2 Å². The van der Waals surface area contributed by atoms with E-state index in [1.165, 1.54) is 18.2 Å². The Balaban J connectivity index is 2.11. The standard InChI is InChI=1S/C13H9FN2O5/c14-12-7-11(16(19)20)4-5-13(12)21-8-9-2-1-3-10(6-9)15(17)18/h1-7H,8H2. The molecular weight excluding hydrogens is 283 g/mol. The van der Waals surface area contributed by atoms with Crippen LogP contribution in [0.25, 0.3) is 0 Å². The molecule has 0 radical (unpaired) electrons. The first-order valence-electron chi connectivity index (χ1n) is 5.77. The van der Waals surface area contributed by atoms with Crippen molar-refractivity contribution in [1.82, 2.24) is 0 Å². The summed E-state index contributed by atoms with van der Waals surface area (Å²) in [5.41, 5.74) is 0.0115. The summed E-state index contributed by atoms with van der Waals surface area (Å²) in [6, 6.07) is 8.73. The molecule has 0 bridgehead atoms. The van der Waals surface area contributed by atoms with E-state index in [1.54, 1.807) is 6.07 Å². The third kappa shape index (κ3) is 3.50. The maximum Gasteiger partial charge on any atom is 0.272 e. The number of nitro groups is 2. The molecule has 0 unspecified atom stereocenters. The molecular formula is C13H9FN2O5. The lowest BCUT2D eigenvalue weighted by atomic mass is 10.2. The molecule has 0 aromatic heterocycles. The van der Waals surface area contributed by atoms with Crippen molar-refractivity contribution in [2.75, 3.05) is 0 Å². The van der Waals surface area contributed by atoms with Gasteiger partial charge < -0.3 is 4.74 Å². The van der Waals surface area contributed by atoms with Crippen LogP contribution in [0.2, 0.25) is 0 Å². The van der Waals surface area contributed by atoms with Gasteiger partial charge in [-0.3, -0.25) is 20.2 Å². The maximum absolute atomic E-state index is 13.6. The van der Waals surface area contributed by atoms with E-state index in [2.05, 4.69) is 0 Å². The van der Waals surface area contributed by atoms with Crippen LogP contribution in [-0.2, 0) is 6.61 Å². The molecule has 8 heteroatoms. The minimum absolute atomic E-state index is 0.0869. The molecule has 7 nitrogen and oxygen atoms in total. The number of halogens is 1. The van der Waals surface area contributed by atoms with Gasteiger partial charge in [0.05, 0.1) is 15.9 Å². The Morgan fingerprint density at radius 1 is 1.00 bits per heavy atom. The molecule has 0 aliphatic carbocycles. The molecule has 0 atom stereocenters. The molecule has 2 aromatic carbocycles. The second-order valence-electron chi connectivity index (χ2n) is 4.09. The van der Waals surface area contributed by atoms with Gasteiger partial charge in [0.25, 0.3) is 11.4 Å². The topological polar surface area (TPSA) is 95.5 Å². The average molecular weight is 292 g/mol. The van der Waals surface area contributed by atoms with Gasteiger partial charge in [-0.25, -0.2) is 4.39 Å². The Morgan fingerprint density at radius 3 is 2.29 bits per heavy atom. The quantitative estimate of drug-likeness (QED) is 0.622. The second-order valence-corrected chi connectivity index (χ2v) is 4.09. The lowest BCUT2D eigenvalue weighted by Gasteiger charge is -2.07. The predicted octanol–water partition coefficient (Wildman–Crippen LogP) is 3.22. The Morgan fingerprint density at radius 2 is 1.67 bits per heavy atom. The van der Waals surface area contributed by atoms with E-state index >= 15 is 0 Å². The lowest BCUT2D eigenvalue weighted by molar-refractivity contribution is -0.385. The van der Waals surface area contributed by atoms with Gasteiger partial charge >= 0.3 is 0 Å². The molecule has 0 N–H and O–H groups in total. The second kappa shape index (κ2) is 5.95. The van der Waals surface area contributed by atoms with Gasteiger partial charge in [0.2, 0.25) is 0 Å². The van der Waals surface area contributed by atoms with Crippen molar-refractivity contribution in [3.05, 3.63) is 74.1 Å². The molecule has 0 amide bonds. The molecule has 0 aliphatic rings. The fourth-order valence-electron chi connectivity index (χ4n) is 1.64. The summed E-state index contributed by atoms with van der Waals surface area (Å²) in [5, 5.41) is 21.1. The first kappa shape index (κ1) is 14.4. The van der Waals surface area contributed by atoms with Gasteiger partial charge in [-0.05, 0) is 11.6 Å². The summed E-state index contributed by atoms with van der Waals surface area (Å²) < 4.78 is 18.8. The summed E-state index contributed by atoms with van der Waals surface area (Å²) in [5.74, 6) is -1.03. The van der Waals surface area contributed by atoms with E-state index in [0.29, 0.717) is 5.56 Å². The zero-order valence-electron chi connectivity index (χ0n) is 10.6. The number of nitrogens with zero attached hydrogens (tertiary/aromatic N) is 2. The number of non-ortho nitro benzene ring substituents is 2. The van der Waals surface area contributed by atoms with E-state index in [4.69, 9.17) is 4.74 Å². The number of benzene rings is 2. The molecule has 0 aliphatic heterocycles. The highest BCUT2D eigenvalue weighted by atomic mass is 19.1. The van der Waals surface area contributed by atoms with Crippen molar-refractivity contribution in [3.8, 4) is 5.75 Å². The number of hydrogen-bond acceptors (Lipinski definition) is 5. The number of ether oxygens (including phenoxy) is 1. The van der Waals surface area contributed by atoms with Gasteiger partial charge in [-0.1, -0.05) is 12.1 Å². The van der Waals surface area contributed by atoms with Crippen LogP contribution in [0.1, 0.15) is 5.56 Å². The third-order valence-corrected chi connectivity index (χ3v) is 2.64. The Bertz CT molecular complexity index is 705. The molecule has 0 fully saturated rings. The fraction of sp³-hybridized carbons (Fsp3) is 0.0769. The van der Waals surface area contributed by atoms with Crippen molar-refractivity contribution in [2.45, 2.75) is 6.61 Å². The summed E-state index contributed by atoms with van der Waals surface area (Å²) in [6.45, 7) is -0.0869. The van der Waals surface area contributed by atoms with Crippen LogP contribution < -0.4 is 4.74 Å². The Kier molecular flexibility index (Phi) is 4.07. The van der Waals surface area contributed by atoms with Crippen LogP contribution >= 0.6 is 0 Å². The lowest BCUT2D eigenvalue weighted by Crippen LogP contribution is -1.99. The van der Waals surface area contributed by atoms with Crippen LogP contribution in [0.5, 0.6) is 5.75 Å². The Labute approximate surface area is 117 Å². The molecule has 0 spiro atoms. The summed E-state index contributed by atoms with van der Waals surface area (Å²) >= 11 is 0. The van der Waals surface area contributed by atoms with Crippen molar-refractivity contribution < 1.29 is 19.0 Å². The number of hydrogen-bond donors (Lipinski definition) is 0. The van der Waals surface area contributed by atoms with Crippen LogP contribution in [0.15, 0.2) is 42.5 Å². The SMILES string of the molecule is O=[N+]([O-])c1cccc(COc2ccc([N+](=O)[O-])cc2F)c1. The van der Waals surface area contributed by atoms with E-state index < -0.39 is 15.7 Å². The molecule has 0 heterocycles. The zero-order valence-corrected chi connectivity index (χ0v) is 10.6. The molecule has 2 aromatic rings. The summed E-state index contributed by atoms with van der Waals surface area (Å²) in [6.07, 6.45) is 0. The van der Waals surface area contributed by atoms with Gasteiger partial charge in [-0.15, -0.1) is 0 Å². The fourth-order valence-corrected chi connectivity index (χ4v) is 1.64. The van der Waals surface area contributed by atoms with Crippen molar-refractivity contribution in [3.63, 3.8) is 0 Å². The van der Waals surface area contributed by atoms with Crippen molar-refractivity contribution in [2.24, 2.45) is 0 Å². The highest BCUT2D eigenvalue weighted by Crippen LogP contribution is 2.23. The van der Waals surface area contributed by atoms with Crippen LogP contribution in [0.4, 0.5) is 15.8 Å². The molecule has 2 rings (SSSR count). The normalized spacial score (nSPS) is 10.1. The zero-order chi connectivity index (χ0) is 15.4. The molecule has 0 saturated carbocycles. The van der Waals surface area contributed by atoms with Gasteiger partial charge in [0.1, 0.15) is 6.61 Å². The molecule has 0 saturated heterocycles. The monoisotopic (exact) mass is 292 g/mol. The van der Waals surface area contributed by atoms with Gasteiger partial charge in [-0.2, -0.15) is 0 Å². The number of nitro benzene ring substituents is 2. The highest BCUT2D eigenvalue weighted by Gasteiger charge is 2.12. The van der Waals surface area contributed by atoms with Crippen molar-refractivity contribution in [1.29, 1.82) is 0 Å². The predicted molar refractivity (Wildman–Crippen MR) is 70.5 cm³/mol. The molecule has 108 valence electrons. The van der Waals surface area contributed by atoms with Crippen LogP contribution in [-0.4, -0.2) is 9.85 Å².